The molecule has 1 saturated heterocycles. The first-order chi connectivity index (χ1) is 8.08. The van der Waals surface area contributed by atoms with E-state index >= 15 is 0 Å². The number of aromatic carboxylic acids is 1. The third-order valence-electron chi connectivity index (χ3n) is 2.66. The molecule has 0 bridgehead atoms. The minimum atomic E-state index is -0.961. The summed E-state index contributed by atoms with van der Waals surface area (Å²) < 4.78 is 5.13. The SMILES string of the molecule is Cc1cc(NC(=O)C2CCOC2)sc1C(=O)O. The van der Waals surface area contributed by atoms with Crippen molar-refractivity contribution in [3.8, 4) is 0 Å². The average molecular weight is 255 g/mol. The number of aryl methyl sites for hydroxylation is 1. The number of nitrogens with one attached hydrogen (secondary N) is 1. The van der Waals surface area contributed by atoms with Gasteiger partial charge in [-0.05, 0) is 25.0 Å². The van der Waals surface area contributed by atoms with Crippen molar-refractivity contribution in [1.82, 2.24) is 0 Å². The minimum Gasteiger partial charge on any atom is -0.477 e. The second kappa shape index (κ2) is 4.85. The van der Waals surface area contributed by atoms with Gasteiger partial charge in [-0.15, -0.1) is 11.3 Å². The van der Waals surface area contributed by atoms with E-state index in [0.29, 0.717) is 23.8 Å². The summed E-state index contributed by atoms with van der Waals surface area (Å²) in [6.07, 6.45) is 0.724. The van der Waals surface area contributed by atoms with E-state index in [1.165, 1.54) is 0 Å². The van der Waals surface area contributed by atoms with Crippen molar-refractivity contribution in [3.05, 3.63) is 16.5 Å². The Hall–Kier alpha value is -1.40. The Kier molecular flexibility index (Phi) is 3.44. The normalized spacial score (nSPS) is 19.2. The Labute approximate surface area is 102 Å². The molecular weight excluding hydrogens is 242 g/mol. The first kappa shape index (κ1) is 12.1. The van der Waals surface area contributed by atoms with E-state index in [-0.39, 0.29) is 16.7 Å². The van der Waals surface area contributed by atoms with Crippen LogP contribution in [-0.4, -0.2) is 30.2 Å². The van der Waals surface area contributed by atoms with Gasteiger partial charge in [0.25, 0.3) is 0 Å². The van der Waals surface area contributed by atoms with Crippen molar-refractivity contribution in [2.75, 3.05) is 18.5 Å². The first-order valence-corrected chi connectivity index (χ1v) is 6.12. The van der Waals surface area contributed by atoms with Crippen LogP contribution in [0.25, 0.3) is 0 Å². The fourth-order valence-electron chi connectivity index (χ4n) is 1.72. The number of ether oxygens (including phenoxy) is 1. The summed E-state index contributed by atoms with van der Waals surface area (Å²) in [5.74, 6) is -1.18. The molecule has 2 N–H and O–H groups in total. The number of thiophene rings is 1. The Balaban J connectivity index is 2.05. The first-order valence-electron chi connectivity index (χ1n) is 5.30. The molecule has 5 nitrogen and oxygen atoms in total. The van der Waals surface area contributed by atoms with Gasteiger partial charge in [0.15, 0.2) is 0 Å². The van der Waals surface area contributed by atoms with Gasteiger partial charge >= 0.3 is 5.97 Å². The lowest BCUT2D eigenvalue weighted by Crippen LogP contribution is -2.22. The molecule has 1 aliphatic heterocycles. The average Bonchev–Trinajstić information content (AvgIpc) is 2.86. The van der Waals surface area contributed by atoms with Crippen LogP contribution in [0, 0.1) is 12.8 Å². The van der Waals surface area contributed by atoms with E-state index in [2.05, 4.69) is 5.32 Å². The van der Waals surface area contributed by atoms with Crippen molar-refractivity contribution in [2.45, 2.75) is 13.3 Å². The summed E-state index contributed by atoms with van der Waals surface area (Å²) >= 11 is 1.08. The molecule has 1 unspecified atom stereocenters. The summed E-state index contributed by atoms with van der Waals surface area (Å²) in [7, 11) is 0. The largest absolute Gasteiger partial charge is 0.477 e. The highest BCUT2D eigenvalue weighted by molar-refractivity contribution is 7.18. The fourth-order valence-corrected chi connectivity index (χ4v) is 2.64. The van der Waals surface area contributed by atoms with E-state index in [1.807, 2.05) is 0 Å². The number of hydrogen-bond donors (Lipinski definition) is 2. The zero-order valence-electron chi connectivity index (χ0n) is 9.36. The maximum Gasteiger partial charge on any atom is 0.346 e. The van der Waals surface area contributed by atoms with Crippen LogP contribution in [0.15, 0.2) is 6.07 Å². The van der Waals surface area contributed by atoms with Crippen molar-refractivity contribution in [2.24, 2.45) is 5.92 Å². The number of carboxylic acid groups (broad SMARTS) is 1. The van der Waals surface area contributed by atoms with Crippen LogP contribution in [0.3, 0.4) is 0 Å². The topological polar surface area (TPSA) is 75.6 Å². The quantitative estimate of drug-likeness (QED) is 0.862. The summed E-state index contributed by atoms with van der Waals surface area (Å²) in [4.78, 5) is 22.9. The number of hydrogen-bond acceptors (Lipinski definition) is 4. The second-order valence-electron chi connectivity index (χ2n) is 3.98. The standard InChI is InChI=1S/C11H13NO4S/c1-6-4-8(17-9(6)11(14)15)12-10(13)7-2-3-16-5-7/h4,7H,2-3,5H2,1H3,(H,12,13)(H,14,15). The Morgan fingerprint density at radius 1 is 1.59 bits per heavy atom. The van der Waals surface area contributed by atoms with Gasteiger partial charge < -0.3 is 15.2 Å². The molecule has 0 radical (unpaired) electrons. The molecule has 1 fully saturated rings. The second-order valence-corrected chi connectivity index (χ2v) is 5.03. The number of carbonyl (C=O) groups excluding carboxylic acids is 1. The zero-order valence-corrected chi connectivity index (χ0v) is 10.2. The van der Waals surface area contributed by atoms with Crippen LogP contribution in [0.4, 0.5) is 5.00 Å². The lowest BCUT2D eigenvalue weighted by atomic mass is 10.1. The highest BCUT2D eigenvalue weighted by atomic mass is 32.1. The van der Waals surface area contributed by atoms with Crippen LogP contribution in [0.5, 0.6) is 0 Å². The van der Waals surface area contributed by atoms with Gasteiger partial charge in [0.05, 0.1) is 17.5 Å². The third-order valence-corrected chi connectivity index (χ3v) is 3.80. The van der Waals surface area contributed by atoms with E-state index in [1.54, 1.807) is 13.0 Å². The van der Waals surface area contributed by atoms with Gasteiger partial charge in [0.2, 0.25) is 5.91 Å². The lowest BCUT2D eigenvalue weighted by molar-refractivity contribution is -0.119. The number of rotatable bonds is 3. The highest BCUT2D eigenvalue weighted by Crippen LogP contribution is 2.27. The molecule has 17 heavy (non-hydrogen) atoms. The number of carboxylic acids is 1. The summed E-state index contributed by atoms with van der Waals surface area (Å²) in [5.41, 5.74) is 0.667. The molecule has 92 valence electrons. The molecule has 1 aromatic heterocycles. The smallest absolute Gasteiger partial charge is 0.346 e. The maximum absolute atomic E-state index is 11.8. The summed E-state index contributed by atoms with van der Waals surface area (Å²) in [6, 6.07) is 1.68. The van der Waals surface area contributed by atoms with Crippen molar-refractivity contribution >= 4 is 28.2 Å². The van der Waals surface area contributed by atoms with Gasteiger partial charge in [-0.3, -0.25) is 4.79 Å². The molecule has 0 saturated carbocycles. The third kappa shape index (κ3) is 2.65. The molecular formula is C11H13NO4S. The molecule has 2 heterocycles. The molecule has 6 heteroatoms. The van der Waals surface area contributed by atoms with Crippen molar-refractivity contribution in [1.29, 1.82) is 0 Å². The minimum absolute atomic E-state index is 0.0966. The maximum atomic E-state index is 11.8. The molecule has 1 aliphatic rings. The predicted molar refractivity (Wildman–Crippen MR) is 63.6 cm³/mol. The Morgan fingerprint density at radius 3 is 2.88 bits per heavy atom. The predicted octanol–water partition coefficient (Wildman–Crippen LogP) is 1.73. The van der Waals surface area contributed by atoms with E-state index in [4.69, 9.17) is 9.84 Å². The highest BCUT2D eigenvalue weighted by Gasteiger charge is 2.24. The monoisotopic (exact) mass is 255 g/mol. The van der Waals surface area contributed by atoms with E-state index in [9.17, 15) is 9.59 Å². The molecule has 0 aliphatic carbocycles. The zero-order chi connectivity index (χ0) is 12.4. The van der Waals surface area contributed by atoms with Crippen LogP contribution in [0.1, 0.15) is 21.7 Å². The van der Waals surface area contributed by atoms with Crippen LogP contribution < -0.4 is 5.32 Å². The molecule has 2 rings (SSSR count). The number of anilines is 1. The summed E-state index contributed by atoms with van der Waals surface area (Å²) in [5, 5.41) is 12.2. The summed E-state index contributed by atoms with van der Waals surface area (Å²) in [6.45, 7) is 2.78. The van der Waals surface area contributed by atoms with Gasteiger partial charge in [-0.25, -0.2) is 4.79 Å². The van der Waals surface area contributed by atoms with Crippen molar-refractivity contribution < 1.29 is 19.4 Å². The lowest BCUT2D eigenvalue weighted by Gasteiger charge is -2.06. The van der Waals surface area contributed by atoms with E-state index < -0.39 is 5.97 Å². The molecule has 1 atom stereocenters. The molecule has 0 spiro atoms. The van der Waals surface area contributed by atoms with E-state index in [0.717, 1.165) is 17.8 Å². The van der Waals surface area contributed by atoms with Gasteiger partial charge in [0.1, 0.15) is 4.88 Å². The Bertz CT molecular complexity index is 448. The van der Waals surface area contributed by atoms with Crippen LogP contribution in [-0.2, 0) is 9.53 Å². The van der Waals surface area contributed by atoms with Gasteiger partial charge in [-0.2, -0.15) is 0 Å². The number of carbonyl (C=O) groups is 2. The van der Waals surface area contributed by atoms with Crippen LogP contribution in [0.2, 0.25) is 0 Å². The van der Waals surface area contributed by atoms with Gasteiger partial charge in [0, 0.05) is 6.61 Å². The molecule has 1 amide bonds. The molecule has 0 aromatic carbocycles. The van der Waals surface area contributed by atoms with Gasteiger partial charge in [-0.1, -0.05) is 0 Å². The van der Waals surface area contributed by atoms with Crippen molar-refractivity contribution in [3.63, 3.8) is 0 Å². The fraction of sp³-hybridized carbons (Fsp3) is 0.455. The Morgan fingerprint density at radius 2 is 2.35 bits per heavy atom. The number of amides is 1. The van der Waals surface area contributed by atoms with Crippen LogP contribution >= 0.6 is 11.3 Å². The molecule has 1 aromatic rings.